The van der Waals surface area contributed by atoms with E-state index in [4.69, 9.17) is 23.2 Å². The molecule has 0 aliphatic rings. The van der Waals surface area contributed by atoms with Crippen LogP contribution in [0.3, 0.4) is 0 Å². The van der Waals surface area contributed by atoms with Crippen molar-refractivity contribution in [2.24, 2.45) is 0 Å². The zero-order valence-corrected chi connectivity index (χ0v) is 12.5. The van der Waals surface area contributed by atoms with Crippen molar-refractivity contribution < 1.29 is 0 Å². The molecule has 0 saturated heterocycles. The predicted molar refractivity (Wildman–Crippen MR) is 76.6 cm³/mol. The number of hydrogen-bond acceptors (Lipinski definition) is 0. The summed E-state index contributed by atoms with van der Waals surface area (Å²) in [7, 11) is 0. The highest BCUT2D eigenvalue weighted by Crippen LogP contribution is 2.33. The summed E-state index contributed by atoms with van der Waals surface area (Å²) in [4.78, 5) is 0. The smallest absolute Gasteiger partial charge is 0.102 e. The molecule has 2 heteroatoms. The lowest BCUT2D eigenvalue weighted by Crippen LogP contribution is -2.12. The second-order valence-electron chi connectivity index (χ2n) is 4.83. The molecule has 0 saturated carbocycles. The van der Waals surface area contributed by atoms with E-state index in [-0.39, 0.29) is 0 Å². The van der Waals surface area contributed by atoms with Crippen molar-refractivity contribution in [1.82, 2.24) is 0 Å². The van der Waals surface area contributed by atoms with Crippen molar-refractivity contribution in [2.45, 2.75) is 88.8 Å². The van der Waals surface area contributed by atoms with Crippen LogP contribution in [0.1, 0.15) is 84.5 Å². The molecule has 0 spiro atoms. The summed E-state index contributed by atoms with van der Waals surface area (Å²) in [5.41, 5.74) is 0. The molecule has 0 bridgehead atoms. The first-order valence-corrected chi connectivity index (χ1v) is 7.76. The molecule has 0 heterocycles. The van der Waals surface area contributed by atoms with Crippen LogP contribution < -0.4 is 0 Å². The van der Waals surface area contributed by atoms with Crippen molar-refractivity contribution in [3.05, 3.63) is 0 Å². The molecule has 0 radical (unpaired) electrons. The zero-order chi connectivity index (χ0) is 12.3. The highest BCUT2D eigenvalue weighted by atomic mass is 35.5. The largest absolute Gasteiger partial charge is 0.118 e. The third kappa shape index (κ3) is 11.1. The van der Waals surface area contributed by atoms with Crippen LogP contribution in [0.25, 0.3) is 0 Å². The average molecular weight is 267 g/mol. The Morgan fingerprint density at radius 3 is 1.44 bits per heavy atom. The van der Waals surface area contributed by atoms with Crippen molar-refractivity contribution >= 4 is 23.2 Å². The van der Waals surface area contributed by atoms with Gasteiger partial charge in [-0.15, -0.1) is 23.2 Å². The van der Waals surface area contributed by atoms with E-state index in [1.807, 2.05) is 0 Å². The van der Waals surface area contributed by atoms with Crippen molar-refractivity contribution in [3.8, 4) is 0 Å². The van der Waals surface area contributed by atoms with E-state index in [2.05, 4.69) is 13.8 Å². The second kappa shape index (κ2) is 10.7. The first-order chi connectivity index (χ1) is 7.62. The van der Waals surface area contributed by atoms with E-state index < -0.39 is 4.33 Å². The van der Waals surface area contributed by atoms with Crippen LogP contribution in [-0.2, 0) is 0 Å². The van der Waals surface area contributed by atoms with Gasteiger partial charge in [-0.25, -0.2) is 0 Å². The normalized spacial score (nSPS) is 12.0. The lowest BCUT2D eigenvalue weighted by molar-refractivity contribution is 0.526. The fraction of sp³-hybridized carbons (Fsp3) is 1.00. The Morgan fingerprint density at radius 1 is 0.625 bits per heavy atom. The van der Waals surface area contributed by atoms with Gasteiger partial charge >= 0.3 is 0 Å². The number of rotatable bonds is 11. The Labute approximate surface area is 112 Å². The van der Waals surface area contributed by atoms with Crippen molar-refractivity contribution in [1.29, 1.82) is 0 Å². The first kappa shape index (κ1) is 16.6. The van der Waals surface area contributed by atoms with Gasteiger partial charge in [0, 0.05) is 0 Å². The van der Waals surface area contributed by atoms with Crippen LogP contribution in [0, 0.1) is 0 Å². The van der Waals surface area contributed by atoms with Gasteiger partial charge in [0.2, 0.25) is 0 Å². The number of hydrogen-bond donors (Lipinski definition) is 0. The van der Waals surface area contributed by atoms with E-state index in [1.54, 1.807) is 0 Å². The van der Waals surface area contributed by atoms with Gasteiger partial charge in [-0.3, -0.25) is 0 Å². The summed E-state index contributed by atoms with van der Waals surface area (Å²) in [6, 6.07) is 0. The number of halogens is 2. The van der Waals surface area contributed by atoms with Crippen LogP contribution in [0.4, 0.5) is 0 Å². The van der Waals surface area contributed by atoms with Gasteiger partial charge in [-0.2, -0.15) is 0 Å². The predicted octanol–water partition coefficient (Wildman–Crippen LogP) is 6.49. The minimum absolute atomic E-state index is 0.458. The summed E-state index contributed by atoms with van der Waals surface area (Å²) in [6.07, 6.45) is 13.4. The Morgan fingerprint density at radius 2 is 1.00 bits per heavy atom. The molecule has 0 aromatic carbocycles. The molecule has 0 aliphatic carbocycles. The highest BCUT2D eigenvalue weighted by molar-refractivity contribution is 6.48. The maximum absolute atomic E-state index is 6.29. The number of unbranched alkanes of at least 4 members (excludes halogenated alkanes) is 7. The number of alkyl halides is 2. The van der Waals surface area contributed by atoms with Gasteiger partial charge in [0.05, 0.1) is 0 Å². The standard InChI is InChI=1S/C14H28Cl2/c1-3-5-7-9-11-13-14(15,16)12-10-8-6-4-2/h3-13H2,1-2H3. The summed E-state index contributed by atoms with van der Waals surface area (Å²) < 4.78 is -0.458. The third-order valence-corrected chi connectivity index (χ3v) is 3.80. The van der Waals surface area contributed by atoms with Gasteiger partial charge < -0.3 is 0 Å². The van der Waals surface area contributed by atoms with Gasteiger partial charge in [-0.1, -0.05) is 71.6 Å². The van der Waals surface area contributed by atoms with Crippen LogP contribution in [-0.4, -0.2) is 4.33 Å². The molecular formula is C14H28Cl2. The van der Waals surface area contributed by atoms with E-state index in [1.165, 1.54) is 57.8 Å². The van der Waals surface area contributed by atoms with Crippen LogP contribution in [0.5, 0.6) is 0 Å². The molecule has 0 aliphatic heterocycles. The first-order valence-electron chi connectivity index (χ1n) is 7.00. The van der Waals surface area contributed by atoms with Crippen LogP contribution in [0.15, 0.2) is 0 Å². The van der Waals surface area contributed by atoms with Gasteiger partial charge in [0.25, 0.3) is 0 Å². The Balaban J connectivity index is 3.38. The highest BCUT2D eigenvalue weighted by Gasteiger charge is 2.22. The minimum atomic E-state index is -0.458. The van der Waals surface area contributed by atoms with E-state index >= 15 is 0 Å². The molecule has 0 nitrogen and oxygen atoms in total. The molecule has 0 amide bonds. The molecular weight excluding hydrogens is 239 g/mol. The van der Waals surface area contributed by atoms with Gasteiger partial charge in [0.1, 0.15) is 4.33 Å². The van der Waals surface area contributed by atoms with Crippen molar-refractivity contribution in [3.63, 3.8) is 0 Å². The average Bonchev–Trinajstić information content (AvgIpc) is 2.24. The second-order valence-corrected chi connectivity index (χ2v) is 6.47. The lowest BCUT2D eigenvalue weighted by atomic mass is 10.0. The fourth-order valence-corrected chi connectivity index (χ4v) is 2.46. The fourth-order valence-electron chi connectivity index (χ4n) is 1.92. The summed E-state index contributed by atoms with van der Waals surface area (Å²) in [6.45, 7) is 4.46. The molecule has 0 aromatic rings. The molecule has 0 unspecified atom stereocenters. The SMILES string of the molecule is CCCCCCCC(Cl)(Cl)CCCCCC. The van der Waals surface area contributed by atoms with E-state index in [0.29, 0.717) is 0 Å². The summed E-state index contributed by atoms with van der Waals surface area (Å²) >= 11 is 12.6. The van der Waals surface area contributed by atoms with Crippen molar-refractivity contribution in [2.75, 3.05) is 0 Å². The summed E-state index contributed by atoms with van der Waals surface area (Å²) in [5.74, 6) is 0. The molecule has 0 rings (SSSR count). The lowest BCUT2D eigenvalue weighted by Gasteiger charge is -2.19. The Kier molecular flexibility index (Phi) is 11.1. The molecule has 0 fully saturated rings. The van der Waals surface area contributed by atoms with E-state index in [9.17, 15) is 0 Å². The Bertz CT molecular complexity index is 144. The Hall–Kier alpha value is 0.580. The zero-order valence-electron chi connectivity index (χ0n) is 11.0. The molecule has 0 aromatic heterocycles. The maximum Gasteiger partial charge on any atom is 0.118 e. The molecule has 98 valence electrons. The van der Waals surface area contributed by atoms with Gasteiger partial charge in [0.15, 0.2) is 0 Å². The third-order valence-electron chi connectivity index (χ3n) is 3.04. The summed E-state index contributed by atoms with van der Waals surface area (Å²) in [5, 5.41) is 0. The van der Waals surface area contributed by atoms with Gasteiger partial charge in [-0.05, 0) is 12.8 Å². The minimum Gasteiger partial charge on any atom is -0.102 e. The van der Waals surface area contributed by atoms with Crippen LogP contribution in [0.2, 0.25) is 0 Å². The van der Waals surface area contributed by atoms with Crippen LogP contribution >= 0.6 is 23.2 Å². The molecule has 0 N–H and O–H groups in total. The molecule has 0 atom stereocenters. The molecule has 16 heavy (non-hydrogen) atoms. The topological polar surface area (TPSA) is 0 Å². The van der Waals surface area contributed by atoms with E-state index in [0.717, 1.165) is 12.8 Å². The maximum atomic E-state index is 6.29. The quantitative estimate of drug-likeness (QED) is 0.296. The monoisotopic (exact) mass is 266 g/mol.